The van der Waals surface area contributed by atoms with E-state index in [4.69, 9.17) is 4.74 Å². The van der Waals surface area contributed by atoms with Gasteiger partial charge in [0.15, 0.2) is 0 Å². The van der Waals surface area contributed by atoms with Crippen LogP contribution in [0.1, 0.15) is 18.0 Å². The molecule has 2 heterocycles. The van der Waals surface area contributed by atoms with E-state index in [9.17, 15) is 22.8 Å². The smallest absolute Gasteiger partial charge is 0.416 e. The zero-order valence-electron chi connectivity index (χ0n) is 16.2. The lowest BCUT2D eigenvalue weighted by atomic mass is 10.1. The van der Waals surface area contributed by atoms with E-state index in [1.807, 2.05) is 0 Å². The first kappa shape index (κ1) is 20.5. The number of benzene rings is 2. The molecule has 10 heteroatoms. The topological polar surface area (TPSA) is 85.2 Å². The number of methoxy groups -OCH3 is 1. The number of rotatable bonds is 4. The summed E-state index contributed by atoms with van der Waals surface area (Å²) in [7, 11) is 1.55. The SMILES string of the molecule is COc1ccc(-c2cc3n(n2)[C@@H](C(=O)Nc2cccc(C(F)(F)F)c2)CC(=O)N3)cc1. The van der Waals surface area contributed by atoms with E-state index in [1.165, 1.54) is 16.8 Å². The van der Waals surface area contributed by atoms with Gasteiger partial charge in [-0.1, -0.05) is 6.07 Å². The second-order valence-corrected chi connectivity index (χ2v) is 6.92. The number of carbonyl (C=O) groups excluding carboxylic acids is 2. The van der Waals surface area contributed by atoms with Gasteiger partial charge >= 0.3 is 6.18 Å². The fourth-order valence-electron chi connectivity index (χ4n) is 3.29. The van der Waals surface area contributed by atoms with Crippen molar-refractivity contribution >= 4 is 23.3 Å². The highest BCUT2D eigenvalue weighted by Crippen LogP contribution is 2.33. The third-order valence-corrected chi connectivity index (χ3v) is 4.82. The van der Waals surface area contributed by atoms with Crippen LogP contribution in [0.2, 0.25) is 0 Å². The van der Waals surface area contributed by atoms with E-state index in [0.29, 0.717) is 17.3 Å². The molecule has 0 spiro atoms. The lowest BCUT2D eigenvalue weighted by molar-refractivity contribution is -0.137. The van der Waals surface area contributed by atoms with Crippen LogP contribution in [0.3, 0.4) is 0 Å². The van der Waals surface area contributed by atoms with Crippen LogP contribution in [0.5, 0.6) is 5.75 Å². The van der Waals surface area contributed by atoms with Gasteiger partial charge in [-0.25, -0.2) is 4.68 Å². The Balaban J connectivity index is 1.61. The van der Waals surface area contributed by atoms with Crippen LogP contribution in [0.15, 0.2) is 54.6 Å². The van der Waals surface area contributed by atoms with E-state index in [0.717, 1.165) is 17.7 Å². The second-order valence-electron chi connectivity index (χ2n) is 6.92. The summed E-state index contributed by atoms with van der Waals surface area (Å²) in [5, 5.41) is 9.54. The molecule has 7 nitrogen and oxygen atoms in total. The van der Waals surface area contributed by atoms with E-state index in [-0.39, 0.29) is 12.1 Å². The molecule has 0 unspecified atom stereocenters. The monoisotopic (exact) mass is 430 g/mol. The lowest BCUT2D eigenvalue weighted by Crippen LogP contribution is -2.35. The van der Waals surface area contributed by atoms with Crippen molar-refractivity contribution in [1.29, 1.82) is 0 Å². The van der Waals surface area contributed by atoms with Crippen molar-refractivity contribution < 1.29 is 27.5 Å². The third kappa shape index (κ3) is 4.23. The molecule has 1 aliphatic heterocycles. The number of alkyl halides is 3. The molecule has 31 heavy (non-hydrogen) atoms. The largest absolute Gasteiger partial charge is 0.497 e. The van der Waals surface area contributed by atoms with Gasteiger partial charge in [-0.3, -0.25) is 9.59 Å². The first-order valence-corrected chi connectivity index (χ1v) is 9.26. The Kier molecular flexibility index (Phi) is 5.14. The molecule has 4 rings (SSSR count). The summed E-state index contributed by atoms with van der Waals surface area (Å²) in [5.74, 6) is -0.0386. The summed E-state index contributed by atoms with van der Waals surface area (Å²) < 4.78 is 45.3. The van der Waals surface area contributed by atoms with Crippen molar-refractivity contribution in [3.05, 3.63) is 60.2 Å². The molecule has 3 aromatic rings. The molecular weight excluding hydrogens is 413 g/mol. The number of nitrogens with zero attached hydrogens (tertiary/aromatic N) is 2. The molecule has 2 aromatic carbocycles. The van der Waals surface area contributed by atoms with Gasteiger partial charge < -0.3 is 15.4 Å². The number of carbonyl (C=O) groups is 2. The van der Waals surface area contributed by atoms with Gasteiger partial charge in [-0.05, 0) is 42.5 Å². The first-order chi connectivity index (χ1) is 14.7. The van der Waals surface area contributed by atoms with Gasteiger partial charge in [0.2, 0.25) is 11.8 Å². The number of aromatic nitrogens is 2. The maximum atomic E-state index is 12.9. The standard InChI is InChI=1S/C21H17F3N4O3/c1-31-15-7-5-12(6-8-15)16-10-18-26-19(29)11-17(28(18)27-16)20(30)25-14-4-2-3-13(9-14)21(22,23)24/h2-10,17H,11H2,1H3,(H,25,30)(H,26,29)/t17-/m1/s1. The van der Waals surface area contributed by atoms with E-state index >= 15 is 0 Å². The number of fused-ring (bicyclic) bond motifs is 1. The van der Waals surface area contributed by atoms with Crippen molar-refractivity contribution in [1.82, 2.24) is 9.78 Å². The maximum absolute atomic E-state index is 12.9. The van der Waals surface area contributed by atoms with Crippen LogP contribution < -0.4 is 15.4 Å². The van der Waals surface area contributed by atoms with Gasteiger partial charge in [0.1, 0.15) is 17.6 Å². The van der Waals surface area contributed by atoms with Crippen molar-refractivity contribution in [2.45, 2.75) is 18.6 Å². The van der Waals surface area contributed by atoms with Crippen LogP contribution in [-0.4, -0.2) is 28.7 Å². The minimum Gasteiger partial charge on any atom is -0.497 e. The zero-order valence-corrected chi connectivity index (χ0v) is 16.2. The molecule has 2 amide bonds. The van der Waals surface area contributed by atoms with Gasteiger partial charge in [0.05, 0.1) is 24.8 Å². The lowest BCUT2D eigenvalue weighted by Gasteiger charge is -2.23. The molecule has 0 saturated heterocycles. The first-order valence-electron chi connectivity index (χ1n) is 9.26. The highest BCUT2D eigenvalue weighted by Gasteiger charge is 2.33. The fourth-order valence-corrected chi connectivity index (χ4v) is 3.29. The van der Waals surface area contributed by atoms with Crippen LogP contribution in [0.25, 0.3) is 11.3 Å². The normalized spacial score (nSPS) is 15.7. The number of amides is 2. The molecule has 1 atom stereocenters. The van der Waals surface area contributed by atoms with Crippen molar-refractivity contribution in [2.24, 2.45) is 0 Å². The summed E-state index contributed by atoms with van der Waals surface area (Å²) in [6, 6.07) is 12.0. The van der Waals surface area contributed by atoms with Crippen LogP contribution in [0.4, 0.5) is 24.7 Å². The predicted octanol–water partition coefficient (Wildman–Crippen LogP) is 4.10. The van der Waals surface area contributed by atoms with Gasteiger partial charge in [-0.2, -0.15) is 18.3 Å². The quantitative estimate of drug-likeness (QED) is 0.653. The Labute approximate surface area is 174 Å². The van der Waals surface area contributed by atoms with Gasteiger partial charge in [0.25, 0.3) is 0 Å². The van der Waals surface area contributed by atoms with Crippen molar-refractivity contribution in [3.63, 3.8) is 0 Å². The molecular formula is C21H17F3N4O3. The molecule has 160 valence electrons. The maximum Gasteiger partial charge on any atom is 0.416 e. The Morgan fingerprint density at radius 3 is 2.61 bits per heavy atom. The zero-order chi connectivity index (χ0) is 22.2. The predicted molar refractivity (Wildman–Crippen MR) is 107 cm³/mol. The molecule has 1 aliphatic rings. The molecule has 0 fully saturated rings. The van der Waals surface area contributed by atoms with Gasteiger partial charge in [-0.15, -0.1) is 0 Å². The fraction of sp³-hybridized carbons (Fsp3) is 0.190. The number of nitrogens with one attached hydrogen (secondary N) is 2. The molecule has 2 N–H and O–H groups in total. The summed E-state index contributed by atoms with van der Waals surface area (Å²) in [6.07, 6.45) is -4.73. The molecule has 0 radical (unpaired) electrons. The molecule has 1 aromatic heterocycles. The number of hydrogen-bond acceptors (Lipinski definition) is 4. The number of hydrogen-bond donors (Lipinski definition) is 2. The average molecular weight is 430 g/mol. The summed E-state index contributed by atoms with van der Waals surface area (Å²) >= 11 is 0. The van der Waals surface area contributed by atoms with Crippen molar-refractivity contribution in [3.8, 4) is 17.0 Å². The van der Waals surface area contributed by atoms with Crippen LogP contribution in [0, 0.1) is 0 Å². The van der Waals surface area contributed by atoms with E-state index in [1.54, 1.807) is 37.4 Å². The van der Waals surface area contributed by atoms with Crippen LogP contribution >= 0.6 is 0 Å². The minimum absolute atomic E-state index is 0.0186. The highest BCUT2D eigenvalue weighted by atomic mass is 19.4. The van der Waals surface area contributed by atoms with E-state index in [2.05, 4.69) is 15.7 Å². The summed E-state index contributed by atoms with van der Waals surface area (Å²) in [5.41, 5.74) is 0.369. The number of ether oxygens (including phenoxy) is 1. The second kappa shape index (κ2) is 7.78. The minimum atomic E-state index is -4.53. The molecule has 0 saturated carbocycles. The Bertz CT molecular complexity index is 1140. The number of anilines is 2. The summed E-state index contributed by atoms with van der Waals surface area (Å²) in [4.78, 5) is 24.9. The number of halogens is 3. The highest BCUT2D eigenvalue weighted by molar-refractivity contribution is 6.01. The van der Waals surface area contributed by atoms with Crippen LogP contribution in [-0.2, 0) is 15.8 Å². The average Bonchev–Trinajstić information content (AvgIpc) is 3.16. The Morgan fingerprint density at radius 1 is 1.19 bits per heavy atom. The van der Waals surface area contributed by atoms with Crippen molar-refractivity contribution in [2.75, 3.05) is 17.7 Å². The molecule has 0 bridgehead atoms. The van der Waals surface area contributed by atoms with Gasteiger partial charge in [0, 0.05) is 17.3 Å². The molecule has 0 aliphatic carbocycles. The third-order valence-electron chi connectivity index (χ3n) is 4.82. The summed E-state index contributed by atoms with van der Waals surface area (Å²) in [6.45, 7) is 0. The van der Waals surface area contributed by atoms with E-state index < -0.39 is 29.6 Å². The Hall–Kier alpha value is -3.82. The Morgan fingerprint density at radius 2 is 1.94 bits per heavy atom.